The van der Waals surface area contributed by atoms with Crippen molar-refractivity contribution in [3.8, 4) is 0 Å². The highest BCUT2D eigenvalue weighted by Gasteiger charge is 2.76. The molecule has 0 bridgehead atoms. The molecule has 0 heterocycles. The second kappa shape index (κ2) is 8.59. The van der Waals surface area contributed by atoms with Crippen LogP contribution in [0.1, 0.15) is 107 Å². The molecule has 0 amide bonds. The zero-order valence-corrected chi connectivity index (χ0v) is 19.4. The van der Waals surface area contributed by atoms with Gasteiger partial charge >= 0.3 is 11.9 Å². The summed E-state index contributed by atoms with van der Waals surface area (Å²) in [5.41, 5.74) is -1.50. The standard InChI is InChI=1S/C24H42O4/c1-9-17-18(10-2)23(15-7,19(25)26)24(16-8,20(27)28)22(13-5,14-6)21(17,11-3)12-4/h9-16H2,1-8H3,(H,25,26)(H,27,28). The van der Waals surface area contributed by atoms with Gasteiger partial charge in [0, 0.05) is 0 Å². The van der Waals surface area contributed by atoms with E-state index in [1.54, 1.807) is 0 Å². The molecular weight excluding hydrogens is 352 g/mol. The quantitative estimate of drug-likeness (QED) is 0.405. The molecule has 4 heteroatoms. The molecule has 0 aromatic rings. The van der Waals surface area contributed by atoms with Crippen LogP contribution in [0.15, 0.2) is 11.1 Å². The number of aliphatic carboxylic acids is 2. The maximum Gasteiger partial charge on any atom is 0.314 e. The lowest BCUT2D eigenvalue weighted by atomic mass is 9.32. The third-order valence-corrected chi connectivity index (χ3v) is 8.83. The van der Waals surface area contributed by atoms with Crippen molar-refractivity contribution >= 4 is 11.9 Å². The van der Waals surface area contributed by atoms with Crippen molar-refractivity contribution in [2.24, 2.45) is 21.7 Å². The second-order valence-electron chi connectivity index (χ2n) is 8.37. The zero-order chi connectivity index (χ0) is 22.0. The van der Waals surface area contributed by atoms with Gasteiger partial charge in [-0.2, -0.15) is 0 Å². The molecule has 0 aromatic carbocycles. The Morgan fingerprint density at radius 2 is 1.11 bits per heavy atom. The first-order valence-corrected chi connectivity index (χ1v) is 11.3. The van der Waals surface area contributed by atoms with Gasteiger partial charge in [0.15, 0.2) is 0 Å². The van der Waals surface area contributed by atoms with Gasteiger partial charge in [0.2, 0.25) is 0 Å². The summed E-state index contributed by atoms with van der Waals surface area (Å²) in [5, 5.41) is 21.5. The smallest absolute Gasteiger partial charge is 0.314 e. The van der Waals surface area contributed by atoms with E-state index in [4.69, 9.17) is 0 Å². The summed E-state index contributed by atoms with van der Waals surface area (Å²) >= 11 is 0. The van der Waals surface area contributed by atoms with Crippen LogP contribution in [0, 0.1) is 21.7 Å². The second-order valence-corrected chi connectivity index (χ2v) is 8.37. The molecule has 1 aliphatic rings. The van der Waals surface area contributed by atoms with Crippen LogP contribution in [-0.2, 0) is 9.59 Å². The van der Waals surface area contributed by atoms with E-state index in [9.17, 15) is 19.8 Å². The Bertz CT molecular complexity index is 625. The lowest BCUT2D eigenvalue weighted by Gasteiger charge is -2.68. The maximum absolute atomic E-state index is 13.2. The fraction of sp³-hybridized carbons (Fsp3) is 0.833. The maximum atomic E-state index is 13.2. The van der Waals surface area contributed by atoms with Gasteiger partial charge < -0.3 is 10.2 Å². The van der Waals surface area contributed by atoms with Gasteiger partial charge in [-0.15, -0.1) is 0 Å². The van der Waals surface area contributed by atoms with Crippen LogP contribution in [0.3, 0.4) is 0 Å². The number of carboxylic acids is 2. The molecule has 162 valence electrons. The number of hydrogen-bond donors (Lipinski definition) is 2. The Hall–Kier alpha value is -1.32. The normalized spacial score (nSPS) is 29.0. The van der Waals surface area contributed by atoms with E-state index < -0.39 is 28.2 Å². The summed E-state index contributed by atoms with van der Waals surface area (Å²) in [6.45, 7) is 16.3. The number of carboxylic acid groups (broad SMARTS) is 2. The summed E-state index contributed by atoms with van der Waals surface area (Å²) in [4.78, 5) is 26.2. The topological polar surface area (TPSA) is 74.6 Å². The highest BCUT2D eigenvalue weighted by Crippen LogP contribution is 2.75. The molecule has 2 unspecified atom stereocenters. The first-order chi connectivity index (χ1) is 13.1. The van der Waals surface area contributed by atoms with E-state index in [0.717, 1.165) is 24.8 Å². The molecule has 0 spiro atoms. The van der Waals surface area contributed by atoms with Crippen molar-refractivity contribution < 1.29 is 19.8 Å². The monoisotopic (exact) mass is 394 g/mol. The highest BCUT2D eigenvalue weighted by molar-refractivity contribution is 5.91. The molecule has 4 nitrogen and oxygen atoms in total. The van der Waals surface area contributed by atoms with Gasteiger partial charge in [-0.3, -0.25) is 9.59 Å². The van der Waals surface area contributed by atoms with Crippen molar-refractivity contribution in [1.82, 2.24) is 0 Å². The van der Waals surface area contributed by atoms with Gasteiger partial charge in [0.1, 0.15) is 5.41 Å². The van der Waals surface area contributed by atoms with Crippen molar-refractivity contribution in [3.05, 3.63) is 11.1 Å². The van der Waals surface area contributed by atoms with E-state index >= 15 is 0 Å². The molecule has 2 atom stereocenters. The van der Waals surface area contributed by atoms with Crippen molar-refractivity contribution in [2.45, 2.75) is 107 Å². The molecule has 0 radical (unpaired) electrons. The summed E-state index contributed by atoms with van der Waals surface area (Å²) in [7, 11) is 0. The zero-order valence-electron chi connectivity index (χ0n) is 19.4. The van der Waals surface area contributed by atoms with Crippen LogP contribution in [0.25, 0.3) is 0 Å². The fourth-order valence-corrected chi connectivity index (χ4v) is 8.02. The van der Waals surface area contributed by atoms with Gasteiger partial charge in [-0.25, -0.2) is 0 Å². The highest BCUT2D eigenvalue weighted by atomic mass is 16.4. The Balaban J connectivity index is 4.52. The summed E-state index contributed by atoms with van der Waals surface area (Å²) in [6, 6.07) is 0. The third-order valence-electron chi connectivity index (χ3n) is 8.83. The minimum absolute atomic E-state index is 0.293. The van der Waals surface area contributed by atoms with E-state index in [0.29, 0.717) is 32.1 Å². The van der Waals surface area contributed by atoms with Crippen LogP contribution < -0.4 is 0 Å². The summed E-state index contributed by atoms with van der Waals surface area (Å²) in [5.74, 6) is -1.90. The van der Waals surface area contributed by atoms with Crippen LogP contribution in [-0.4, -0.2) is 22.2 Å². The average molecular weight is 395 g/mol. The van der Waals surface area contributed by atoms with Crippen molar-refractivity contribution in [2.75, 3.05) is 0 Å². The molecule has 28 heavy (non-hydrogen) atoms. The molecule has 0 aliphatic heterocycles. The Morgan fingerprint density at radius 1 is 0.643 bits per heavy atom. The molecule has 0 saturated heterocycles. The molecular formula is C24H42O4. The first kappa shape index (κ1) is 24.7. The Labute approximate surface area is 171 Å². The lowest BCUT2D eigenvalue weighted by Crippen LogP contribution is -2.69. The van der Waals surface area contributed by atoms with E-state index in [-0.39, 0.29) is 5.41 Å². The molecule has 0 saturated carbocycles. The van der Waals surface area contributed by atoms with E-state index in [1.807, 2.05) is 20.8 Å². The van der Waals surface area contributed by atoms with Crippen molar-refractivity contribution in [3.63, 3.8) is 0 Å². The number of allylic oxidation sites excluding steroid dienone is 1. The van der Waals surface area contributed by atoms with E-state index in [2.05, 4.69) is 34.6 Å². The van der Waals surface area contributed by atoms with Crippen LogP contribution in [0.2, 0.25) is 0 Å². The van der Waals surface area contributed by atoms with Crippen LogP contribution in [0.4, 0.5) is 0 Å². The third kappa shape index (κ3) is 2.42. The molecule has 1 aliphatic carbocycles. The first-order valence-electron chi connectivity index (χ1n) is 11.3. The minimum atomic E-state index is -1.37. The Kier molecular flexibility index (Phi) is 7.58. The molecule has 1 rings (SSSR count). The number of rotatable bonds is 10. The largest absolute Gasteiger partial charge is 0.481 e. The van der Waals surface area contributed by atoms with Crippen LogP contribution in [0.5, 0.6) is 0 Å². The molecule has 0 fully saturated rings. The predicted octanol–water partition coefficient (Wildman–Crippen LogP) is 6.69. The average Bonchev–Trinajstić information content (AvgIpc) is 2.70. The minimum Gasteiger partial charge on any atom is -0.481 e. The number of hydrogen-bond acceptors (Lipinski definition) is 2. The van der Waals surface area contributed by atoms with E-state index in [1.165, 1.54) is 5.57 Å². The van der Waals surface area contributed by atoms with Gasteiger partial charge in [0.05, 0.1) is 5.41 Å². The number of carbonyl (C=O) groups is 2. The predicted molar refractivity (Wildman–Crippen MR) is 114 cm³/mol. The van der Waals surface area contributed by atoms with Crippen molar-refractivity contribution in [1.29, 1.82) is 0 Å². The molecule has 2 N–H and O–H groups in total. The Morgan fingerprint density at radius 3 is 1.32 bits per heavy atom. The van der Waals surface area contributed by atoms with Gasteiger partial charge in [0.25, 0.3) is 0 Å². The van der Waals surface area contributed by atoms with Crippen LogP contribution >= 0.6 is 0 Å². The van der Waals surface area contributed by atoms with Gasteiger partial charge in [-0.1, -0.05) is 66.5 Å². The molecule has 0 aromatic heterocycles. The summed E-state index contributed by atoms with van der Waals surface area (Å²) < 4.78 is 0. The fourth-order valence-electron chi connectivity index (χ4n) is 8.02. The lowest BCUT2D eigenvalue weighted by molar-refractivity contribution is -0.211. The summed E-state index contributed by atoms with van der Waals surface area (Å²) in [6.07, 6.45) is 5.01. The SMILES string of the molecule is CCC1=C(CC)C(CC)(C(=O)O)C(CC)(C(=O)O)C(CC)(CC)C1(CC)CC. The van der Waals surface area contributed by atoms with Gasteiger partial charge in [-0.05, 0) is 62.2 Å².